The molecule has 0 amide bonds. The van der Waals surface area contributed by atoms with Gasteiger partial charge < -0.3 is 4.90 Å². The zero-order valence-electron chi connectivity index (χ0n) is 16.6. The summed E-state index contributed by atoms with van der Waals surface area (Å²) in [6.45, 7) is 0.482. The van der Waals surface area contributed by atoms with Gasteiger partial charge in [0.1, 0.15) is 18.1 Å². The molecular formula is C17H16ClN5O8S. The molecule has 0 atom stereocenters. The summed E-state index contributed by atoms with van der Waals surface area (Å²) in [4.78, 5) is 27.3. The molecule has 13 nitrogen and oxygen atoms in total. The van der Waals surface area contributed by atoms with Crippen molar-refractivity contribution >= 4 is 28.0 Å². The normalized spacial score (nSPS) is 10.8. The molecule has 1 aromatic heterocycles. The highest BCUT2D eigenvalue weighted by molar-refractivity contribution is 7.06. The van der Waals surface area contributed by atoms with Crippen LogP contribution in [0.5, 0.6) is 0 Å². The lowest BCUT2D eigenvalue weighted by Crippen LogP contribution is -2.68. The van der Waals surface area contributed by atoms with Crippen LogP contribution in [0.2, 0.25) is 0 Å². The van der Waals surface area contributed by atoms with E-state index in [9.17, 15) is 20.2 Å². The van der Waals surface area contributed by atoms with Crippen LogP contribution in [0.3, 0.4) is 0 Å². The molecule has 0 spiro atoms. The van der Waals surface area contributed by atoms with Crippen LogP contribution in [0.25, 0.3) is 11.4 Å². The van der Waals surface area contributed by atoms with Gasteiger partial charge in [0.25, 0.3) is 11.4 Å². The number of hydrogen-bond donors (Lipinski definition) is 0. The van der Waals surface area contributed by atoms with E-state index in [1.54, 1.807) is 24.3 Å². The first-order valence-corrected chi connectivity index (χ1v) is 10.5. The lowest BCUT2D eigenvalue weighted by molar-refractivity contribution is -2.00. The van der Waals surface area contributed by atoms with E-state index >= 15 is 0 Å². The fourth-order valence-electron chi connectivity index (χ4n) is 2.43. The minimum Gasteiger partial charge on any atom is -0.331 e. The zero-order valence-corrected chi connectivity index (χ0v) is 18.2. The maximum Gasteiger partial charge on any atom is 0.345 e. The minimum atomic E-state index is -4.94. The summed E-state index contributed by atoms with van der Waals surface area (Å²) in [5, 5.41) is 22.4. The van der Waals surface area contributed by atoms with E-state index in [2.05, 4.69) is 4.98 Å². The summed E-state index contributed by atoms with van der Waals surface area (Å²) >= 11 is 1.44. The van der Waals surface area contributed by atoms with E-state index in [0.717, 1.165) is 16.3 Å². The van der Waals surface area contributed by atoms with Crippen LogP contribution in [-0.2, 0) is 6.54 Å². The number of non-ortho nitro benzene ring substituents is 2. The third-order valence-corrected chi connectivity index (χ3v) is 4.96. The number of hydrogen-bond acceptors (Lipinski definition) is 11. The van der Waals surface area contributed by atoms with Crippen molar-refractivity contribution < 1.29 is 42.7 Å². The minimum absolute atomic E-state index is 0.0173. The first-order chi connectivity index (χ1) is 14.8. The number of nitro benzene ring substituents is 2. The molecule has 0 unspecified atom stereocenters. The number of nitro groups is 2. The number of anilines is 1. The first kappa shape index (κ1) is 25.0. The lowest BCUT2D eigenvalue weighted by atomic mass is 10.2. The quantitative estimate of drug-likeness (QED) is 0.219. The second kappa shape index (κ2) is 10.4. The van der Waals surface area contributed by atoms with Crippen molar-refractivity contribution in [2.24, 2.45) is 0 Å². The Morgan fingerprint density at radius 1 is 0.906 bits per heavy atom. The Balaban J connectivity index is 0.000000654. The summed E-state index contributed by atoms with van der Waals surface area (Å²) in [7, 11) is -1.18. The molecular weight excluding hydrogens is 470 g/mol. The highest BCUT2D eigenvalue weighted by atomic mass is 35.7. The smallest absolute Gasteiger partial charge is 0.331 e. The molecule has 0 aliphatic carbocycles. The van der Waals surface area contributed by atoms with Gasteiger partial charge in [-0.25, -0.2) is 18.6 Å². The monoisotopic (exact) mass is 485 g/mol. The molecule has 170 valence electrons. The van der Waals surface area contributed by atoms with Gasteiger partial charge in [-0.15, -0.1) is 10.2 Å². The van der Waals surface area contributed by atoms with Crippen molar-refractivity contribution in [2.45, 2.75) is 6.54 Å². The molecule has 0 bridgehead atoms. The Bertz CT molecular complexity index is 1080. The van der Waals surface area contributed by atoms with E-state index in [1.807, 2.05) is 23.0 Å². The van der Waals surface area contributed by atoms with Gasteiger partial charge in [0.05, 0.1) is 15.4 Å². The number of rotatable bonds is 6. The summed E-state index contributed by atoms with van der Waals surface area (Å²) in [5.41, 5.74) is 1.70. The number of nitrogens with zero attached hydrogens (tertiary/aromatic N) is 5. The number of benzene rings is 2. The highest BCUT2D eigenvalue weighted by Gasteiger charge is 2.25. The molecule has 3 rings (SSSR count). The van der Waals surface area contributed by atoms with Crippen LogP contribution < -0.4 is 27.5 Å². The van der Waals surface area contributed by atoms with Crippen LogP contribution in [0.1, 0.15) is 5.56 Å². The summed E-state index contributed by atoms with van der Waals surface area (Å²) in [6.07, 6.45) is 0. The van der Waals surface area contributed by atoms with Crippen LogP contribution in [-0.4, -0.2) is 28.9 Å². The molecule has 0 aliphatic heterocycles. The van der Waals surface area contributed by atoms with Crippen LogP contribution in [0.4, 0.5) is 16.5 Å². The highest BCUT2D eigenvalue weighted by Crippen LogP contribution is 2.24. The zero-order chi connectivity index (χ0) is 24.1. The van der Waals surface area contributed by atoms with Crippen molar-refractivity contribution in [1.82, 2.24) is 4.98 Å². The topological polar surface area (TPSA) is 199 Å². The Morgan fingerprint density at radius 3 is 1.75 bits per heavy atom. The maximum atomic E-state index is 10.9. The van der Waals surface area contributed by atoms with Gasteiger partial charge in [-0.2, -0.15) is 3.96 Å². The van der Waals surface area contributed by atoms with Gasteiger partial charge in [0.2, 0.25) is 0 Å². The predicted molar refractivity (Wildman–Crippen MR) is 101 cm³/mol. The summed E-state index contributed by atoms with van der Waals surface area (Å²) in [6, 6.07) is 12.6. The van der Waals surface area contributed by atoms with Crippen LogP contribution in [0.15, 0.2) is 48.5 Å². The van der Waals surface area contributed by atoms with Crippen molar-refractivity contribution in [2.75, 3.05) is 19.0 Å². The molecule has 2 aromatic carbocycles. The number of halogens is 1. The summed E-state index contributed by atoms with van der Waals surface area (Å²) in [5.74, 6) is 0.678. The maximum absolute atomic E-state index is 10.9. The van der Waals surface area contributed by atoms with Gasteiger partial charge in [-0.3, -0.25) is 20.2 Å². The third-order valence-electron chi connectivity index (χ3n) is 3.82. The van der Waals surface area contributed by atoms with E-state index < -0.39 is 20.1 Å². The fraction of sp³-hybridized carbons (Fsp3) is 0.176. The molecule has 0 saturated heterocycles. The molecule has 0 N–H and O–H groups in total. The van der Waals surface area contributed by atoms with E-state index in [0.29, 0.717) is 12.4 Å². The fourth-order valence-corrected chi connectivity index (χ4v) is 3.36. The Labute approximate surface area is 187 Å². The average molecular weight is 486 g/mol. The largest absolute Gasteiger partial charge is 0.345 e. The van der Waals surface area contributed by atoms with E-state index in [4.69, 9.17) is 18.6 Å². The lowest BCUT2D eigenvalue weighted by Gasteiger charge is -2.17. The SMILES string of the molecule is CN(C)c1nc(-c2ccc([N+](=O)[O-])cc2)[n+](Cc2ccc([N+](=O)[O-])cc2)s1.[O-][Cl+3]([O-])([O-])[O-]. The van der Waals surface area contributed by atoms with Gasteiger partial charge >= 0.3 is 11.0 Å². The molecule has 0 fully saturated rings. The van der Waals surface area contributed by atoms with Crippen molar-refractivity contribution in [3.05, 3.63) is 74.3 Å². The second-order valence-corrected chi connectivity index (χ2v) is 8.09. The third kappa shape index (κ3) is 7.45. The number of aromatic nitrogens is 2. The molecule has 0 saturated carbocycles. The Morgan fingerprint density at radius 2 is 1.34 bits per heavy atom. The van der Waals surface area contributed by atoms with Crippen molar-refractivity contribution in [1.29, 1.82) is 0 Å². The van der Waals surface area contributed by atoms with Crippen molar-refractivity contribution in [3.8, 4) is 11.4 Å². The van der Waals surface area contributed by atoms with Crippen LogP contribution >= 0.6 is 11.5 Å². The molecule has 0 aliphatic rings. The van der Waals surface area contributed by atoms with Crippen molar-refractivity contribution in [3.63, 3.8) is 0 Å². The van der Waals surface area contributed by atoms with E-state index in [1.165, 1.54) is 35.8 Å². The molecule has 3 aromatic rings. The first-order valence-electron chi connectivity index (χ1n) is 8.53. The molecule has 15 heteroatoms. The standard InChI is InChI=1S/C17H16N5O4S.ClHO4/c1-19(2)17-18-16(13-5-9-15(10-6-13)22(25)26)20(27-17)11-12-3-7-14(8-4-12)21(23)24;2-1(3,4)5/h3-10H,11H2,1-2H3;(H,2,3,4,5)/q+1;/p-1. The van der Waals surface area contributed by atoms with Gasteiger partial charge in [-0.05, 0) is 34.8 Å². The predicted octanol–water partition coefficient (Wildman–Crippen LogP) is -1.73. The Hall–Kier alpha value is -3.27. The average Bonchev–Trinajstić information content (AvgIpc) is 3.11. The van der Waals surface area contributed by atoms with Gasteiger partial charge in [-0.1, -0.05) is 0 Å². The van der Waals surface area contributed by atoms with E-state index in [-0.39, 0.29) is 11.4 Å². The molecule has 0 radical (unpaired) electrons. The Kier molecular flexibility index (Phi) is 8.09. The molecule has 32 heavy (non-hydrogen) atoms. The second-order valence-electron chi connectivity index (χ2n) is 6.35. The van der Waals surface area contributed by atoms with Crippen LogP contribution in [0, 0.1) is 30.5 Å². The summed E-state index contributed by atoms with van der Waals surface area (Å²) < 4.78 is 35.9. The molecule has 1 heterocycles. The van der Waals surface area contributed by atoms with Gasteiger partial charge in [0.15, 0.2) is 0 Å². The van der Waals surface area contributed by atoms with Gasteiger partial charge in [0, 0.05) is 38.4 Å².